The van der Waals surface area contributed by atoms with Gasteiger partial charge in [0.2, 0.25) is 5.91 Å². The van der Waals surface area contributed by atoms with Crippen molar-refractivity contribution in [2.24, 2.45) is 5.73 Å². The molecule has 0 radical (unpaired) electrons. The van der Waals surface area contributed by atoms with Crippen molar-refractivity contribution in [3.05, 3.63) is 69.3 Å². The van der Waals surface area contributed by atoms with Crippen LogP contribution in [-0.2, 0) is 12.8 Å². The summed E-state index contributed by atoms with van der Waals surface area (Å²) in [7, 11) is 0. The van der Waals surface area contributed by atoms with Gasteiger partial charge in [-0.3, -0.25) is 9.78 Å². The van der Waals surface area contributed by atoms with Crippen LogP contribution in [0.15, 0.2) is 30.0 Å². The summed E-state index contributed by atoms with van der Waals surface area (Å²) in [6.45, 7) is 3.94. The lowest BCUT2D eigenvalue weighted by Gasteiger charge is -2.14. The summed E-state index contributed by atoms with van der Waals surface area (Å²) in [5, 5.41) is 7.18. The van der Waals surface area contributed by atoms with Crippen LogP contribution in [0, 0.1) is 11.2 Å². The van der Waals surface area contributed by atoms with Gasteiger partial charge >= 0.3 is 0 Å². The first-order valence-electron chi connectivity index (χ1n) is 7.68. The van der Waals surface area contributed by atoms with E-state index in [2.05, 4.69) is 4.98 Å². The quantitative estimate of drug-likeness (QED) is 0.847. The number of carbonyl (C=O) groups excluding carboxylic acids is 1. The SMILES string of the molecule is CC1=C(C)c2c(Cc3ccc(C=N)nc3)c(F)cc(C(N)=O)c2C1. The van der Waals surface area contributed by atoms with E-state index in [0.29, 0.717) is 24.1 Å². The fourth-order valence-electron chi connectivity index (χ4n) is 3.21. The zero-order valence-corrected chi connectivity index (χ0v) is 13.6. The Morgan fingerprint density at radius 3 is 2.75 bits per heavy atom. The van der Waals surface area contributed by atoms with E-state index in [1.807, 2.05) is 19.9 Å². The van der Waals surface area contributed by atoms with Gasteiger partial charge in [0, 0.05) is 30.0 Å². The highest BCUT2D eigenvalue weighted by Gasteiger charge is 2.27. The largest absolute Gasteiger partial charge is 0.366 e. The van der Waals surface area contributed by atoms with Crippen molar-refractivity contribution >= 4 is 17.7 Å². The van der Waals surface area contributed by atoms with E-state index < -0.39 is 11.7 Å². The third-order valence-corrected chi connectivity index (χ3v) is 4.59. The Kier molecular flexibility index (Phi) is 4.01. The van der Waals surface area contributed by atoms with Crippen LogP contribution in [-0.4, -0.2) is 17.1 Å². The van der Waals surface area contributed by atoms with Crippen LogP contribution in [0.25, 0.3) is 5.57 Å². The molecule has 2 aromatic rings. The maximum absolute atomic E-state index is 14.7. The van der Waals surface area contributed by atoms with Gasteiger partial charge in [-0.15, -0.1) is 0 Å². The monoisotopic (exact) mass is 323 g/mol. The van der Waals surface area contributed by atoms with Crippen LogP contribution < -0.4 is 5.73 Å². The van der Waals surface area contributed by atoms with Gasteiger partial charge in [-0.2, -0.15) is 0 Å². The fourth-order valence-corrected chi connectivity index (χ4v) is 3.21. The number of fused-ring (bicyclic) bond motifs is 1. The van der Waals surface area contributed by atoms with Gasteiger partial charge in [0.1, 0.15) is 5.82 Å². The molecule has 0 bridgehead atoms. The predicted octanol–water partition coefficient (Wildman–Crippen LogP) is 3.26. The van der Waals surface area contributed by atoms with Gasteiger partial charge in [0.25, 0.3) is 0 Å². The number of allylic oxidation sites excluding steroid dienone is 2. The molecule has 3 N–H and O–H groups in total. The molecule has 0 unspecified atom stereocenters. The van der Waals surface area contributed by atoms with Crippen LogP contribution in [0.2, 0.25) is 0 Å². The normalized spacial score (nSPS) is 13.1. The molecular weight excluding hydrogens is 305 g/mol. The molecule has 5 heteroatoms. The van der Waals surface area contributed by atoms with Crippen LogP contribution in [0.3, 0.4) is 0 Å². The number of amides is 1. The molecule has 0 fully saturated rings. The van der Waals surface area contributed by atoms with Crippen LogP contribution in [0.4, 0.5) is 4.39 Å². The van der Waals surface area contributed by atoms with E-state index in [9.17, 15) is 9.18 Å². The Balaban J connectivity index is 2.12. The van der Waals surface area contributed by atoms with Crippen LogP contribution in [0.5, 0.6) is 0 Å². The van der Waals surface area contributed by atoms with Crippen LogP contribution >= 0.6 is 0 Å². The second-order valence-corrected chi connectivity index (χ2v) is 6.10. The maximum atomic E-state index is 14.7. The third-order valence-electron chi connectivity index (χ3n) is 4.59. The first-order chi connectivity index (χ1) is 11.4. The van der Waals surface area contributed by atoms with Gasteiger partial charge in [0.05, 0.1) is 5.69 Å². The number of nitrogens with zero attached hydrogens (tertiary/aromatic N) is 1. The van der Waals surface area contributed by atoms with Gasteiger partial charge < -0.3 is 11.1 Å². The van der Waals surface area contributed by atoms with E-state index in [4.69, 9.17) is 11.1 Å². The number of nitrogens with one attached hydrogen (secondary N) is 1. The average Bonchev–Trinajstić information content (AvgIpc) is 2.86. The first-order valence-corrected chi connectivity index (χ1v) is 7.68. The maximum Gasteiger partial charge on any atom is 0.249 e. The lowest BCUT2D eigenvalue weighted by molar-refractivity contribution is 0.0999. The van der Waals surface area contributed by atoms with E-state index in [0.717, 1.165) is 27.8 Å². The predicted molar refractivity (Wildman–Crippen MR) is 91.8 cm³/mol. The van der Waals surface area contributed by atoms with E-state index in [1.54, 1.807) is 12.3 Å². The van der Waals surface area contributed by atoms with E-state index in [1.165, 1.54) is 12.3 Å². The van der Waals surface area contributed by atoms with Crippen LogP contribution in [0.1, 0.15) is 52.2 Å². The summed E-state index contributed by atoms with van der Waals surface area (Å²) in [5.74, 6) is -1.02. The van der Waals surface area contributed by atoms with Crippen molar-refractivity contribution in [2.75, 3.05) is 0 Å². The summed E-state index contributed by atoms with van der Waals surface area (Å²) in [6, 6.07) is 4.82. The molecule has 122 valence electrons. The molecule has 1 aromatic heterocycles. The highest BCUT2D eigenvalue weighted by molar-refractivity contribution is 5.97. The van der Waals surface area contributed by atoms with E-state index in [-0.39, 0.29) is 5.56 Å². The number of halogens is 1. The van der Waals surface area contributed by atoms with Crippen molar-refractivity contribution in [3.8, 4) is 0 Å². The number of hydrogen-bond donors (Lipinski definition) is 2. The zero-order chi connectivity index (χ0) is 17.4. The van der Waals surface area contributed by atoms with Crippen molar-refractivity contribution in [3.63, 3.8) is 0 Å². The Bertz CT molecular complexity index is 882. The standard InChI is InChI=1S/C19H18FN3O/c1-10-5-14-15(19(22)24)7-17(20)16(18(14)11(10)2)6-12-3-4-13(8-21)23-9-12/h3-4,7-9,21H,5-6H2,1-2H3,(H2,22,24). The minimum Gasteiger partial charge on any atom is -0.366 e. The van der Waals surface area contributed by atoms with Crippen molar-refractivity contribution in [1.82, 2.24) is 4.98 Å². The minimum absolute atomic E-state index is 0.264. The number of nitrogens with two attached hydrogens (primary N) is 1. The molecule has 0 atom stereocenters. The number of benzene rings is 1. The topological polar surface area (TPSA) is 79.8 Å². The zero-order valence-electron chi connectivity index (χ0n) is 13.6. The first kappa shape index (κ1) is 16.1. The second-order valence-electron chi connectivity index (χ2n) is 6.10. The Labute approximate surface area is 139 Å². The number of primary amides is 1. The minimum atomic E-state index is -0.601. The Morgan fingerprint density at radius 2 is 2.17 bits per heavy atom. The second kappa shape index (κ2) is 6.00. The molecule has 0 aliphatic heterocycles. The number of pyridine rings is 1. The van der Waals surface area contributed by atoms with Crippen molar-refractivity contribution in [2.45, 2.75) is 26.7 Å². The lowest BCUT2D eigenvalue weighted by atomic mass is 9.91. The average molecular weight is 323 g/mol. The molecule has 1 amide bonds. The van der Waals surface area contributed by atoms with E-state index >= 15 is 0 Å². The van der Waals surface area contributed by atoms with Gasteiger partial charge in [-0.05, 0) is 54.7 Å². The molecule has 1 aliphatic rings. The Hall–Kier alpha value is -2.82. The van der Waals surface area contributed by atoms with Gasteiger partial charge in [-0.25, -0.2) is 4.39 Å². The van der Waals surface area contributed by atoms with Crippen molar-refractivity contribution in [1.29, 1.82) is 5.41 Å². The van der Waals surface area contributed by atoms with Gasteiger partial charge in [-0.1, -0.05) is 11.6 Å². The number of carbonyl (C=O) groups is 1. The molecule has 1 heterocycles. The number of rotatable bonds is 4. The summed E-state index contributed by atoms with van der Waals surface area (Å²) in [4.78, 5) is 15.8. The molecule has 0 saturated carbocycles. The number of hydrogen-bond acceptors (Lipinski definition) is 3. The number of aromatic nitrogens is 1. The smallest absolute Gasteiger partial charge is 0.249 e. The third kappa shape index (κ3) is 2.62. The highest BCUT2D eigenvalue weighted by Crippen LogP contribution is 2.38. The molecule has 1 aliphatic carbocycles. The molecule has 3 rings (SSSR count). The summed E-state index contributed by atoms with van der Waals surface area (Å²) in [6.07, 6.45) is 3.82. The molecule has 24 heavy (non-hydrogen) atoms. The summed E-state index contributed by atoms with van der Waals surface area (Å²) < 4.78 is 14.7. The van der Waals surface area contributed by atoms with Gasteiger partial charge in [0.15, 0.2) is 0 Å². The van der Waals surface area contributed by atoms with Crippen molar-refractivity contribution < 1.29 is 9.18 Å². The molecule has 0 saturated heterocycles. The molecular formula is C19H18FN3O. The molecule has 4 nitrogen and oxygen atoms in total. The molecule has 1 aromatic carbocycles. The summed E-state index contributed by atoms with van der Waals surface area (Å²) >= 11 is 0. The highest BCUT2D eigenvalue weighted by atomic mass is 19.1. The Morgan fingerprint density at radius 1 is 1.42 bits per heavy atom. The fraction of sp³-hybridized carbons (Fsp3) is 0.211. The lowest BCUT2D eigenvalue weighted by Crippen LogP contribution is -2.16. The molecule has 0 spiro atoms. The summed E-state index contributed by atoms with van der Waals surface area (Å²) in [5.41, 5.74) is 11.4.